The Hall–Kier alpha value is -2.23. The number of carbonyl (C=O) groups excluding carboxylic acids is 3. The molecule has 0 aliphatic carbocycles. The van der Waals surface area contributed by atoms with Crippen molar-refractivity contribution < 1.29 is 14.4 Å². The molecule has 0 fully saturated rings. The van der Waals surface area contributed by atoms with Gasteiger partial charge >= 0.3 is 0 Å². The summed E-state index contributed by atoms with van der Waals surface area (Å²) in [7, 11) is 2.11. The van der Waals surface area contributed by atoms with Gasteiger partial charge in [-0.25, -0.2) is 0 Å². The van der Waals surface area contributed by atoms with Crippen molar-refractivity contribution in [2.24, 2.45) is 0 Å². The normalized spacial score (nSPS) is 14.9. The minimum Gasteiger partial charge on any atom is -0.354 e. The third-order valence-electron chi connectivity index (χ3n) is 4.97. The van der Waals surface area contributed by atoms with E-state index in [-0.39, 0.29) is 24.3 Å². The fourth-order valence-electron chi connectivity index (χ4n) is 3.26. The first-order chi connectivity index (χ1) is 14.3. The Bertz CT molecular complexity index is 946. The second kappa shape index (κ2) is 10.2. The lowest BCUT2D eigenvalue weighted by molar-refractivity contribution is -0.120. The molecule has 9 heteroatoms. The van der Waals surface area contributed by atoms with Crippen LogP contribution in [-0.2, 0) is 22.4 Å². The Kier molecular flexibility index (Phi) is 7.63. The van der Waals surface area contributed by atoms with Gasteiger partial charge in [-0.15, -0.1) is 11.3 Å². The minimum atomic E-state index is -0.896. The molecule has 3 amide bonds. The number of hydrogen-bond acceptors (Lipinski definition) is 5. The first-order valence-electron chi connectivity index (χ1n) is 9.73. The Labute approximate surface area is 188 Å². The zero-order chi connectivity index (χ0) is 21.7. The molecule has 1 atom stereocenters. The molecule has 1 aliphatic rings. The third kappa shape index (κ3) is 6.13. The number of amides is 3. The smallest absolute Gasteiger partial charge is 0.262 e. The zero-order valence-corrected chi connectivity index (χ0v) is 19.4. The Morgan fingerprint density at radius 3 is 2.53 bits per heavy atom. The summed E-state index contributed by atoms with van der Waals surface area (Å²) in [5.74, 6) is -1.00. The molecule has 0 unspecified atom stereocenters. The predicted octanol–water partition coefficient (Wildman–Crippen LogP) is 2.41. The van der Waals surface area contributed by atoms with Gasteiger partial charge < -0.3 is 20.9 Å². The van der Waals surface area contributed by atoms with E-state index in [0.717, 1.165) is 29.7 Å². The molecular weight excluding hydrogens is 468 g/mol. The molecule has 30 heavy (non-hydrogen) atoms. The number of fused-ring (bicyclic) bond motifs is 1. The highest BCUT2D eigenvalue weighted by Gasteiger charge is 2.23. The standard InChI is InChI=1S/C21H25BrN4O3S/c1-13(27)23-12-17(25-21(29)18-5-6-19(22)30-18)20(28)24-16-4-3-14-7-9-26(2)10-8-15(14)11-16/h3-6,11,17H,7-10,12H2,1-2H3,(H,23,27)(H,24,28)(H,25,29)/t17-/m1/s1. The largest absolute Gasteiger partial charge is 0.354 e. The lowest BCUT2D eigenvalue weighted by Crippen LogP contribution is -2.50. The number of anilines is 1. The number of likely N-dealkylation sites (N-methyl/N-ethyl adjacent to an activating group) is 1. The molecule has 160 valence electrons. The first-order valence-corrected chi connectivity index (χ1v) is 11.3. The molecule has 0 spiro atoms. The second-order valence-electron chi connectivity index (χ2n) is 7.34. The quantitative estimate of drug-likeness (QED) is 0.577. The van der Waals surface area contributed by atoms with E-state index in [1.807, 2.05) is 12.1 Å². The van der Waals surface area contributed by atoms with Crippen molar-refractivity contribution in [2.75, 3.05) is 32.0 Å². The molecule has 3 rings (SSSR count). The lowest BCUT2D eigenvalue weighted by atomic mass is 10.0. The maximum absolute atomic E-state index is 12.9. The van der Waals surface area contributed by atoms with E-state index in [1.165, 1.54) is 29.4 Å². The Balaban J connectivity index is 1.71. The zero-order valence-electron chi connectivity index (χ0n) is 17.0. The minimum absolute atomic E-state index is 0.00911. The van der Waals surface area contributed by atoms with Gasteiger partial charge in [0.15, 0.2) is 0 Å². The number of nitrogens with zero attached hydrogens (tertiary/aromatic N) is 1. The number of thiophene rings is 1. The van der Waals surface area contributed by atoms with Crippen molar-refractivity contribution in [1.82, 2.24) is 15.5 Å². The summed E-state index contributed by atoms with van der Waals surface area (Å²) in [5, 5.41) is 8.21. The van der Waals surface area contributed by atoms with Crippen molar-refractivity contribution >= 4 is 50.7 Å². The monoisotopic (exact) mass is 492 g/mol. The van der Waals surface area contributed by atoms with Gasteiger partial charge in [0.25, 0.3) is 5.91 Å². The van der Waals surface area contributed by atoms with Crippen LogP contribution >= 0.6 is 27.3 Å². The van der Waals surface area contributed by atoms with Crippen LogP contribution in [0.5, 0.6) is 0 Å². The van der Waals surface area contributed by atoms with Gasteiger partial charge in [-0.05, 0) is 71.2 Å². The molecule has 0 bridgehead atoms. The van der Waals surface area contributed by atoms with Crippen LogP contribution in [0.15, 0.2) is 34.1 Å². The highest BCUT2D eigenvalue weighted by atomic mass is 79.9. The average Bonchev–Trinajstić information content (AvgIpc) is 3.05. The summed E-state index contributed by atoms with van der Waals surface area (Å²) < 4.78 is 0.825. The van der Waals surface area contributed by atoms with Crippen LogP contribution < -0.4 is 16.0 Å². The van der Waals surface area contributed by atoms with Crippen molar-refractivity contribution in [1.29, 1.82) is 0 Å². The number of carbonyl (C=O) groups is 3. The maximum Gasteiger partial charge on any atom is 0.262 e. The topological polar surface area (TPSA) is 90.5 Å². The molecule has 3 N–H and O–H groups in total. The van der Waals surface area contributed by atoms with Gasteiger partial charge in [-0.3, -0.25) is 14.4 Å². The van der Waals surface area contributed by atoms with E-state index in [0.29, 0.717) is 10.6 Å². The van der Waals surface area contributed by atoms with Gasteiger partial charge in [-0.2, -0.15) is 0 Å². The van der Waals surface area contributed by atoms with Crippen LogP contribution in [0.25, 0.3) is 0 Å². The predicted molar refractivity (Wildman–Crippen MR) is 122 cm³/mol. The highest BCUT2D eigenvalue weighted by molar-refractivity contribution is 9.11. The van der Waals surface area contributed by atoms with Gasteiger partial charge in [0, 0.05) is 32.2 Å². The number of hydrogen-bond donors (Lipinski definition) is 3. The van der Waals surface area contributed by atoms with Gasteiger partial charge in [0.1, 0.15) is 6.04 Å². The van der Waals surface area contributed by atoms with Crippen LogP contribution in [0.2, 0.25) is 0 Å². The molecule has 2 heterocycles. The van der Waals surface area contributed by atoms with E-state index in [2.05, 4.69) is 49.9 Å². The maximum atomic E-state index is 12.9. The molecule has 0 radical (unpaired) electrons. The summed E-state index contributed by atoms with van der Waals surface area (Å²) in [5.41, 5.74) is 3.20. The summed E-state index contributed by atoms with van der Waals surface area (Å²) in [6, 6.07) is 8.49. The number of benzene rings is 1. The van der Waals surface area contributed by atoms with E-state index < -0.39 is 6.04 Å². The molecule has 1 aliphatic heterocycles. The van der Waals surface area contributed by atoms with Gasteiger partial charge in [0.2, 0.25) is 11.8 Å². The molecule has 0 saturated carbocycles. The summed E-state index contributed by atoms with van der Waals surface area (Å²) in [6.45, 7) is 3.37. The fourth-order valence-corrected chi connectivity index (χ4v) is 4.55. The lowest BCUT2D eigenvalue weighted by Gasteiger charge is -2.19. The first kappa shape index (κ1) is 22.5. The van der Waals surface area contributed by atoms with Crippen LogP contribution in [0.4, 0.5) is 5.69 Å². The van der Waals surface area contributed by atoms with Crippen LogP contribution in [0, 0.1) is 0 Å². The van der Waals surface area contributed by atoms with E-state index in [9.17, 15) is 14.4 Å². The van der Waals surface area contributed by atoms with Crippen molar-refractivity contribution in [3.8, 4) is 0 Å². The van der Waals surface area contributed by atoms with Gasteiger partial charge in [0.05, 0.1) is 8.66 Å². The number of halogens is 1. The van der Waals surface area contributed by atoms with Crippen molar-refractivity contribution in [2.45, 2.75) is 25.8 Å². The molecule has 7 nitrogen and oxygen atoms in total. The highest BCUT2D eigenvalue weighted by Crippen LogP contribution is 2.22. The van der Waals surface area contributed by atoms with Gasteiger partial charge in [-0.1, -0.05) is 6.07 Å². The summed E-state index contributed by atoms with van der Waals surface area (Å²) in [6.07, 6.45) is 1.91. The fraction of sp³-hybridized carbons (Fsp3) is 0.381. The van der Waals surface area contributed by atoms with Crippen LogP contribution in [0.3, 0.4) is 0 Å². The van der Waals surface area contributed by atoms with E-state index in [4.69, 9.17) is 0 Å². The van der Waals surface area contributed by atoms with E-state index >= 15 is 0 Å². The molecule has 1 aromatic carbocycles. The van der Waals surface area contributed by atoms with Crippen LogP contribution in [-0.4, -0.2) is 55.3 Å². The second-order valence-corrected chi connectivity index (χ2v) is 9.81. The molecule has 0 saturated heterocycles. The third-order valence-corrected chi connectivity index (χ3v) is 6.60. The summed E-state index contributed by atoms with van der Waals surface area (Å²) in [4.78, 5) is 39.5. The number of nitrogens with one attached hydrogen (secondary N) is 3. The Morgan fingerprint density at radius 2 is 1.87 bits per heavy atom. The van der Waals surface area contributed by atoms with Crippen molar-refractivity contribution in [3.63, 3.8) is 0 Å². The Morgan fingerprint density at radius 1 is 1.13 bits per heavy atom. The molecule has 1 aromatic heterocycles. The molecule has 2 aromatic rings. The average molecular weight is 493 g/mol. The SMILES string of the molecule is CC(=O)NC[C@@H](NC(=O)c1ccc(Br)s1)C(=O)Nc1ccc2c(c1)CCN(C)CC2. The van der Waals surface area contributed by atoms with Crippen molar-refractivity contribution in [3.05, 3.63) is 50.1 Å². The molecular formula is C21H25BrN4O3S. The number of rotatable bonds is 6. The van der Waals surface area contributed by atoms with Crippen LogP contribution in [0.1, 0.15) is 27.7 Å². The summed E-state index contributed by atoms with van der Waals surface area (Å²) >= 11 is 4.61. The van der Waals surface area contributed by atoms with E-state index in [1.54, 1.807) is 12.1 Å².